The van der Waals surface area contributed by atoms with Crippen LogP contribution in [0.5, 0.6) is 5.75 Å². The van der Waals surface area contributed by atoms with Crippen LogP contribution in [-0.4, -0.2) is 4.98 Å². The second-order valence-electron chi connectivity index (χ2n) is 4.45. The van der Waals surface area contributed by atoms with Gasteiger partial charge in [0.15, 0.2) is 0 Å². The molecule has 0 aliphatic heterocycles. The molecule has 2 aromatic rings. The number of ether oxygens (including phenoxy) is 1. The van der Waals surface area contributed by atoms with E-state index in [0.717, 1.165) is 34.2 Å². The molecular weight excluding hydrogens is 268 g/mol. The SMILES string of the molecule is CCc1ccc(OCc2nc(CC)c(CC#N)s2)cc1. The number of hydrogen-bond acceptors (Lipinski definition) is 4. The molecule has 0 N–H and O–H groups in total. The van der Waals surface area contributed by atoms with Crippen LogP contribution in [0.25, 0.3) is 0 Å². The molecule has 0 aliphatic carbocycles. The Morgan fingerprint density at radius 2 is 1.95 bits per heavy atom. The van der Waals surface area contributed by atoms with Gasteiger partial charge in [-0.05, 0) is 30.5 Å². The third kappa shape index (κ3) is 3.58. The molecule has 0 unspecified atom stereocenters. The van der Waals surface area contributed by atoms with Gasteiger partial charge in [-0.25, -0.2) is 4.98 Å². The first-order valence-corrected chi connectivity index (χ1v) is 7.64. The number of nitriles is 1. The Labute approximate surface area is 123 Å². The highest BCUT2D eigenvalue weighted by Crippen LogP contribution is 2.22. The molecule has 4 heteroatoms. The second kappa shape index (κ2) is 7.06. The summed E-state index contributed by atoms with van der Waals surface area (Å²) < 4.78 is 5.75. The number of hydrogen-bond donors (Lipinski definition) is 0. The zero-order valence-electron chi connectivity index (χ0n) is 11.8. The van der Waals surface area contributed by atoms with Gasteiger partial charge in [0.25, 0.3) is 0 Å². The Morgan fingerprint density at radius 1 is 1.20 bits per heavy atom. The number of thiazole rings is 1. The molecule has 2 rings (SSSR count). The topological polar surface area (TPSA) is 45.9 Å². The summed E-state index contributed by atoms with van der Waals surface area (Å²) >= 11 is 1.58. The summed E-state index contributed by atoms with van der Waals surface area (Å²) in [6, 6.07) is 10.3. The van der Waals surface area contributed by atoms with Crippen molar-refractivity contribution >= 4 is 11.3 Å². The summed E-state index contributed by atoms with van der Waals surface area (Å²) in [5.41, 5.74) is 2.33. The Kier molecular flexibility index (Phi) is 5.14. The molecule has 0 spiro atoms. The summed E-state index contributed by atoms with van der Waals surface area (Å²) in [5, 5.41) is 9.74. The Morgan fingerprint density at radius 3 is 2.55 bits per heavy atom. The molecule has 0 fully saturated rings. The van der Waals surface area contributed by atoms with Gasteiger partial charge in [-0.2, -0.15) is 5.26 Å². The lowest BCUT2D eigenvalue weighted by molar-refractivity contribution is 0.305. The largest absolute Gasteiger partial charge is 0.486 e. The molecule has 1 aromatic carbocycles. The minimum absolute atomic E-state index is 0.437. The van der Waals surface area contributed by atoms with Gasteiger partial charge in [0.2, 0.25) is 0 Å². The van der Waals surface area contributed by atoms with E-state index in [1.807, 2.05) is 12.1 Å². The fourth-order valence-corrected chi connectivity index (χ4v) is 2.95. The lowest BCUT2D eigenvalue weighted by Crippen LogP contribution is -1.95. The second-order valence-corrected chi connectivity index (χ2v) is 5.62. The molecule has 0 aliphatic rings. The highest BCUT2D eigenvalue weighted by Gasteiger charge is 2.09. The van der Waals surface area contributed by atoms with E-state index in [-0.39, 0.29) is 0 Å². The van der Waals surface area contributed by atoms with E-state index in [1.165, 1.54) is 5.56 Å². The molecule has 1 heterocycles. The van der Waals surface area contributed by atoms with E-state index < -0.39 is 0 Å². The predicted octanol–water partition coefficient (Wildman–Crippen LogP) is 3.91. The lowest BCUT2D eigenvalue weighted by atomic mass is 10.2. The van der Waals surface area contributed by atoms with E-state index in [0.29, 0.717) is 13.0 Å². The molecule has 1 aromatic heterocycles. The molecule has 104 valence electrons. The summed E-state index contributed by atoms with van der Waals surface area (Å²) in [5.74, 6) is 0.859. The number of aromatic nitrogens is 1. The van der Waals surface area contributed by atoms with Crippen molar-refractivity contribution in [2.75, 3.05) is 0 Å². The average Bonchev–Trinajstić information content (AvgIpc) is 2.88. The fourth-order valence-electron chi connectivity index (χ4n) is 1.95. The molecule has 0 bridgehead atoms. The number of rotatable bonds is 6. The fraction of sp³-hybridized carbons (Fsp3) is 0.375. The summed E-state index contributed by atoms with van der Waals surface area (Å²) in [4.78, 5) is 5.60. The molecule has 0 amide bonds. The van der Waals surface area contributed by atoms with Crippen LogP contribution < -0.4 is 4.74 Å². The minimum Gasteiger partial charge on any atom is -0.486 e. The van der Waals surface area contributed by atoms with E-state index >= 15 is 0 Å². The Bertz CT molecular complexity index is 596. The van der Waals surface area contributed by atoms with Gasteiger partial charge in [0.05, 0.1) is 18.2 Å². The van der Waals surface area contributed by atoms with Crippen LogP contribution >= 0.6 is 11.3 Å². The third-order valence-electron chi connectivity index (χ3n) is 3.09. The van der Waals surface area contributed by atoms with Gasteiger partial charge in [-0.15, -0.1) is 11.3 Å². The summed E-state index contributed by atoms with van der Waals surface area (Å²) in [6.45, 7) is 4.66. The predicted molar refractivity (Wildman–Crippen MR) is 81.0 cm³/mol. The van der Waals surface area contributed by atoms with Crippen molar-refractivity contribution in [3.05, 3.63) is 45.4 Å². The van der Waals surface area contributed by atoms with Gasteiger partial charge >= 0.3 is 0 Å². The normalized spacial score (nSPS) is 10.2. The molecule has 3 nitrogen and oxygen atoms in total. The number of aryl methyl sites for hydroxylation is 2. The van der Waals surface area contributed by atoms with Crippen LogP contribution in [-0.2, 0) is 25.9 Å². The van der Waals surface area contributed by atoms with Crippen molar-refractivity contribution < 1.29 is 4.74 Å². The number of nitrogens with zero attached hydrogens (tertiary/aromatic N) is 2. The van der Waals surface area contributed by atoms with Crippen molar-refractivity contribution in [2.45, 2.75) is 39.7 Å². The molecule has 0 saturated carbocycles. The van der Waals surface area contributed by atoms with Crippen molar-refractivity contribution in [1.29, 1.82) is 5.26 Å². The lowest BCUT2D eigenvalue weighted by Gasteiger charge is -2.04. The number of benzene rings is 1. The first kappa shape index (κ1) is 14.5. The van der Waals surface area contributed by atoms with Crippen LogP contribution in [0.1, 0.15) is 35.0 Å². The summed E-state index contributed by atoms with van der Waals surface area (Å²) in [6.07, 6.45) is 2.33. The Balaban J connectivity index is 2.01. The summed E-state index contributed by atoms with van der Waals surface area (Å²) in [7, 11) is 0. The van der Waals surface area contributed by atoms with Gasteiger partial charge < -0.3 is 4.74 Å². The monoisotopic (exact) mass is 286 g/mol. The first-order chi connectivity index (χ1) is 9.76. The third-order valence-corrected chi connectivity index (χ3v) is 4.16. The van der Waals surface area contributed by atoms with Gasteiger partial charge in [0, 0.05) is 4.88 Å². The van der Waals surface area contributed by atoms with Crippen LogP contribution in [0, 0.1) is 11.3 Å². The van der Waals surface area contributed by atoms with Crippen LogP contribution in [0.3, 0.4) is 0 Å². The first-order valence-electron chi connectivity index (χ1n) is 6.83. The highest BCUT2D eigenvalue weighted by molar-refractivity contribution is 7.11. The quantitative estimate of drug-likeness (QED) is 0.808. The molecular formula is C16H18N2OS. The minimum atomic E-state index is 0.437. The van der Waals surface area contributed by atoms with Crippen molar-refractivity contribution in [2.24, 2.45) is 0 Å². The average molecular weight is 286 g/mol. The van der Waals surface area contributed by atoms with Gasteiger partial charge in [-0.3, -0.25) is 0 Å². The standard InChI is InChI=1S/C16H18N2OS/c1-3-12-5-7-13(8-6-12)19-11-16-18-14(4-2)15(20-16)9-10-17/h5-8H,3-4,9,11H2,1-2H3. The van der Waals surface area contributed by atoms with Crippen LogP contribution in [0.15, 0.2) is 24.3 Å². The van der Waals surface area contributed by atoms with E-state index in [1.54, 1.807) is 11.3 Å². The maximum Gasteiger partial charge on any atom is 0.140 e. The zero-order chi connectivity index (χ0) is 14.4. The van der Waals surface area contributed by atoms with E-state index in [4.69, 9.17) is 10.00 Å². The van der Waals surface area contributed by atoms with Crippen LogP contribution in [0.4, 0.5) is 0 Å². The smallest absolute Gasteiger partial charge is 0.140 e. The van der Waals surface area contributed by atoms with Crippen LogP contribution in [0.2, 0.25) is 0 Å². The molecule has 0 radical (unpaired) electrons. The molecule has 20 heavy (non-hydrogen) atoms. The van der Waals surface area contributed by atoms with Crippen molar-refractivity contribution in [1.82, 2.24) is 4.98 Å². The van der Waals surface area contributed by atoms with E-state index in [2.05, 4.69) is 37.0 Å². The van der Waals surface area contributed by atoms with Crippen molar-refractivity contribution in [3.8, 4) is 11.8 Å². The van der Waals surface area contributed by atoms with Gasteiger partial charge in [0.1, 0.15) is 17.4 Å². The van der Waals surface area contributed by atoms with Gasteiger partial charge in [-0.1, -0.05) is 26.0 Å². The van der Waals surface area contributed by atoms with Crippen molar-refractivity contribution in [3.63, 3.8) is 0 Å². The zero-order valence-corrected chi connectivity index (χ0v) is 12.7. The maximum absolute atomic E-state index is 8.80. The van der Waals surface area contributed by atoms with E-state index in [9.17, 15) is 0 Å². The molecule has 0 saturated heterocycles. The Hall–Kier alpha value is -1.86. The highest BCUT2D eigenvalue weighted by atomic mass is 32.1. The molecule has 0 atom stereocenters. The maximum atomic E-state index is 8.80.